The lowest BCUT2D eigenvalue weighted by molar-refractivity contribution is -0.113. The zero-order valence-corrected chi connectivity index (χ0v) is 14.0. The SMILES string of the molecule is NC(=O)c1ccsc1NC(=O)CSc1ccc(Br)cc1N. The van der Waals surface area contributed by atoms with Crippen LogP contribution in [0.2, 0.25) is 0 Å². The number of nitrogens with one attached hydrogen (secondary N) is 1. The van der Waals surface area contributed by atoms with Crippen LogP contribution in [0.15, 0.2) is 39.0 Å². The number of nitrogen functional groups attached to an aromatic ring is 1. The second kappa shape index (κ2) is 6.97. The van der Waals surface area contributed by atoms with Crippen molar-refractivity contribution in [3.05, 3.63) is 39.7 Å². The van der Waals surface area contributed by atoms with Crippen molar-refractivity contribution in [3.63, 3.8) is 0 Å². The van der Waals surface area contributed by atoms with E-state index in [-0.39, 0.29) is 11.7 Å². The van der Waals surface area contributed by atoms with Gasteiger partial charge in [0.05, 0.1) is 11.3 Å². The largest absolute Gasteiger partial charge is 0.398 e. The summed E-state index contributed by atoms with van der Waals surface area (Å²) < 4.78 is 0.887. The molecule has 2 aromatic rings. The Morgan fingerprint density at radius 1 is 1.33 bits per heavy atom. The highest BCUT2D eigenvalue weighted by atomic mass is 79.9. The van der Waals surface area contributed by atoms with Crippen LogP contribution in [0.1, 0.15) is 10.4 Å². The van der Waals surface area contributed by atoms with E-state index in [1.165, 1.54) is 23.1 Å². The summed E-state index contributed by atoms with van der Waals surface area (Å²) in [6.07, 6.45) is 0. The van der Waals surface area contributed by atoms with Crippen molar-refractivity contribution in [2.24, 2.45) is 5.73 Å². The number of carbonyl (C=O) groups is 2. The third kappa shape index (κ3) is 4.23. The van der Waals surface area contributed by atoms with Gasteiger partial charge in [0.15, 0.2) is 0 Å². The number of thiophene rings is 1. The maximum absolute atomic E-state index is 11.9. The number of nitrogens with two attached hydrogens (primary N) is 2. The van der Waals surface area contributed by atoms with Gasteiger partial charge in [0, 0.05) is 15.1 Å². The Morgan fingerprint density at radius 3 is 2.76 bits per heavy atom. The van der Waals surface area contributed by atoms with E-state index in [9.17, 15) is 9.59 Å². The summed E-state index contributed by atoms with van der Waals surface area (Å²) in [5.74, 6) is -0.578. The molecule has 21 heavy (non-hydrogen) atoms. The summed E-state index contributed by atoms with van der Waals surface area (Å²) in [5, 5.41) is 4.85. The Bertz CT molecular complexity index is 688. The summed E-state index contributed by atoms with van der Waals surface area (Å²) in [5.41, 5.74) is 12.0. The fourth-order valence-corrected chi connectivity index (χ4v) is 3.49. The van der Waals surface area contributed by atoms with Crippen LogP contribution in [0.3, 0.4) is 0 Å². The van der Waals surface area contributed by atoms with Gasteiger partial charge < -0.3 is 16.8 Å². The zero-order chi connectivity index (χ0) is 15.4. The first-order valence-corrected chi connectivity index (χ1v) is 8.48. The van der Waals surface area contributed by atoms with Crippen LogP contribution in [0.4, 0.5) is 10.7 Å². The molecule has 2 rings (SSSR count). The van der Waals surface area contributed by atoms with E-state index in [2.05, 4.69) is 21.2 Å². The molecular weight excluding hydrogens is 374 g/mol. The topological polar surface area (TPSA) is 98.2 Å². The van der Waals surface area contributed by atoms with Crippen LogP contribution in [-0.4, -0.2) is 17.6 Å². The van der Waals surface area contributed by atoms with Gasteiger partial charge in [0.25, 0.3) is 5.91 Å². The van der Waals surface area contributed by atoms with E-state index in [0.29, 0.717) is 16.3 Å². The van der Waals surface area contributed by atoms with Crippen molar-refractivity contribution in [3.8, 4) is 0 Å². The highest BCUT2D eigenvalue weighted by molar-refractivity contribution is 9.10. The maximum Gasteiger partial charge on any atom is 0.251 e. The minimum atomic E-state index is -0.559. The predicted molar refractivity (Wildman–Crippen MR) is 90.7 cm³/mol. The van der Waals surface area contributed by atoms with Crippen molar-refractivity contribution >= 4 is 61.5 Å². The third-order valence-corrected chi connectivity index (χ3v) is 4.93. The van der Waals surface area contributed by atoms with Crippen molar-refractivity contribution in [1.82, 2.24) is 0 Å². The molecule has 1 aromatic carbocycles. The summed E-state index contributed by atoms with van der Waals surface area (Å²) >= 11 is 5.92. The molecule has 0 bridgehead atoms. The summed E-state index contributed by atoms with van der Waals surface area (Å²) in [6.45, 7) is 0. The van der Waals surface area contributed by atoms with Gasteiger partial charge in [0.1, 0.15) is 5.00 Å². The summed E-state index contributed by atoms with van der Waals surface area (Å²) in [7, 11) is 0. The number of anilines is 2. The standard InChI is InChI=1S/C13H12BrN3O2S2/c14-7-1-2-10(9(15)5-7)21-6-11(18)17-13-8(12(16)19)3-4-20-13/h1-5H,6,15H2,(H2,16,19)(H,17,18). The Hall–Kier alpha value is -1.51. The number of hydrogen-bond acceptors (Lipinski definition) is 5. The average molecular weight is 386 g/mol. The molecule has 2 amide bonds. The number of hydrogen-bond donors (Lipinski definition) is 3. The van der Waals surface area contributed by atoms with Crippen LogP contribution >= 0.6 is 39.0 Å². The van der Waals surface area contributed by atoms with E-state index >= 15 is 0 Å². The molecule has 0 atom stereocenters. The lowest BCUT2D eigenvalue weighted by atomic mass is 10.3. The predicted octanol–water partition coefficient (Wildman–Crippen LogP) is 2.92. The van der Waals surface area contributed by atoms with E-state index in [0.717, 1.165) is 9.37 Å². The van der Waals surface area contributed by atoms with Crippen LogP contribution in [0, 0.1) is 0 Å². The Morgan fingerprint density at radius 2 is 2.10 bits per heavy atom. The average Bonchev–Trinajstić information content (AvgIpc) is 2.86. The van der Waals surface area contributed by atoms with Gasteiger partial charge >= 0.3 is 0 Å². The number of benzene rings is 1. The molecule has 0 unspecified atom stereocenters. The molecule has 0 fully saturated rings. The second-order valence-electron chi connectivity index (χ2n) is 4.05. The van der Waals surface area contributed by atoms with Gasteiger partial charge in [-0.2, -0.15) is 0 Å². The molecule has 8 heteroatoms. The van der Waals surface area contributed by atoms with Crippen LogP contribution in [0.5, 0.6) is 0 Å². The third-order valence-electron chi connectivity index (χ3n) is 2.51. The van der Waals surface area contributed by atoms with Crippen molar-refractivity contribution in [2.75, 3.05) is 16.8 Å². The number of carbonyl (C=O) groups excluding carboxylic acids is 2. The molecule has 0 saturated heterocycles. The highest BCUT2D eigenvalue weighted by Crippen LogP contribution is 2.28. The van der Waals surface area contributed by atoms with Crippen molar-refractivity contribution < 1.29 is 9.59 Å². The molecule has 5 N–H and O–H groups in total. The van der Waals surface area contributed by atoms with Gasteiger partial charge in [-0.1, -0.05) is 15.9 Å². The molecule has 0 saturated carbocycles. The van der Waals surface area contributed by atoms with Gasteiger partial charge in [-0.25, -0.2) is 0 Å². The fraction of sp³-hybridized carbons (Fsp3) is 0.0769. The van der Waals surface area contributed by atoms with E-state index < -0.39 is 5.91 Å². The first-order valence-electron chi connectivity index (χ1n) is 5.82. The molecule has 110 valence electrons. The van der Waals surface area contributed by atoms with Gasteiger partial charge in [-0.05, 0) is 29.6 Å². The molecule has 1 heterocycles. The lowest BCUT2D eigenvalue weighted by Crippen LogP contribution is -2.17. The minimum Gasteiger partial charge on any atom is -0.398 e. The molecule has 1 aromatic heterocycles. The Balaban J connectivity index is 1.96. The second-order valence-corrected chi connectivity index (χ2v) is 6.90. The number of primary amides is 1. The van der Waals surface area contributed by atoms with Crippen molar-refractivity contribution in [1.29, 1.82) is 0 Å². The normalized spacial score (nSPS) is 10.3. The quantitative estimate of drug-likeness (QED) is 0.544. The van der Waals surface area contributed by atoms with Crippen LogP contribution in [0.25, 0.3) is 0 Å². The molecular formula is C13H12BrN3O2S2. The fourth-order valence-electron chi connectivity index (χ4n) is 1.56. The molecule has 0 spiro atoms. The summed E-state index contributed by atoms with van der Waals surface area (Å²) in [6, 6.07) is 7.07. The maximum atomic E-state index is 11.9. The van der Waals surface area contributed by atoms with E-state index in [4.69, 9.17) is 11.5 Å². The number of rotatable bonds is 5. The molecule has 0 radical (unpaired) electrons. The molecule has 0 aliphatic carbocycles. The Labute approximate surface area is 138 Å². The first-order chi connectivity index (χ1) is 9.97. The Kier molecular flexibility index (Phi) is 5.27. The van der Waals surface area contributed by atoms with E-state index in [1.807, 2.05) is 12.1 Å². The number of halogens is 1. The monoisotopic (exact) mass is 385 g/mol. The first kappa shape index (κ1) is 15.9. The molecule has 0 aliphatic rings. The van der Waals surface area contributed by atoms with E-state index in [1.54, 1.807) is 17.5 Å². The van der Waals surface area contributed by atoms with Crippen molar-refractivity contribution in [2.45, 2.75) is 4.90 Å². The van der Waals surface area contributed by atoms with Gasteiger partial charge in [0.2, 0.25) is 5.91 Å². The molecule has 0 aliphatic heterocycles. The minimum absolute atomic E-state index is 0.196. The highest BCUT2D eigenvalue weighted by Gasteiger charge is 2.13. The van der Waals surface area contributed by atoms with Crippen LogP contribution in [-0.2, 0) is 4.79 Å². The molecule has 5 nitrogen and oxygen atoms in total. The number of amides is 2. The van der Waals surface area contributed by atoms with Crippen LogP contribution < -0.4 is 16.8 Å². The summed E-state index contributed by atoms with van der Waals surface area (Å²) in [4.78, 5) is 23.9. The van der Waals surface area contributed by atoms with Gasteiger partial charge in [-0.3, -0.25) is 9.59 Å². The zero-order valence-electron chi connectivity index (χ0n) is 10.8. The van der Waals surface area contributed by atoms with Gasteiger partial charge in [-0.15, -0.1) is 23.1 Å². The lowest BCUT2D eigenvalue weighted by Gasteiger charge is -2.07. The number of thioether (sulfide) groups is 1. The smallest absolute Gasteiger partial charge is 0.251 e.